The van der Waals surface area contributed by atoms with E-state index in [1.807, 2.05) is 13.8 Å². The molecule has 0 aromatic heterocycles. The summed E-state index contributed by atoms with van der Waals surface area (Å²) in [4.78, 5) is 12.2. The molecule has 0 fully saturated rings. The first kappa shape index (κ1) is 19.1. The van der Waals surface area contributed by atoms with E-state index in [0.29, 0.717) is 46.7 Å². The van der Waals surface area contributed by atoms with Crippen LogP contribution in [0.2, 0.25) is 0 Å². The van der Waals surface area contributed by atoms with Crippen LogP contribution in [0.25, 0.3) is 10.8 Å². The second-order valence-corrected chi connectivity index (χ2v) is 8.07. The molecule has 3 aromatic carbocycles. The van der Waals surface area contributed by atoms with Crippen LogP contribution in [0.5, 0.6) is 11.5 Å². The summed E-state index contributed by atoms with van der Waals surface area (Å²) in [6.45, 7) is 4.51. The molecule has 0 aliphatic carbocycles. The smallest absolute Gasteiger partial charge is 0.262 e. The normalized spacial score (nSPS) is 12.7. The number of sulfonamides is 1. The van der Waals surface area contributed by atoms with Crippen molar-refractivity contribution in [3.8, 4) is 11.5 Å². The highest BCUT2D eigenvalue weighted by Gasteiger charge is 2.27. The van der Waals surface area contributed by atoms with Gasteiger partial charge in [-0.25, -0.2) is 8.42 Å². The predicted molar refractivity (Wildman–Crippen MR) is 111 cm³/mol. The highest BCUT2D eigenvalue weighted by Crippen LogP contribution is 2.38. The molecule has 3 aromatic rings. The fourth-order valence-corrected chi connectivity index (χ4v) is 4.69. The molecule has 2 N–H and O–H groups in total. The van der Waals surface area contributed by atoms with E-state index in [9.17, 15) is 13.2 Å². The van der Waals surface area contributed by atoms with Crippen LogP contribution in [0.3, 0.4) is 0 Å². The third-order valence-electron chi connectivity index (χ3n) is 4.59. The fourth-order valence-electron chi connectivity index (χ4n) is 3.42. The number of ether oxygens (including phenoxy) is 2. The molecule has 150 valence electrons. The molecule has 7 nitrogen and oxygen atoms in total. The molecule has 1 aliphatic heterocycles. The standard InChI is InChI=1S/C21H20N2O5S/c1-3-27-13-8-10-18(28-4-2)17(12-13)23-29(25,26)19-11-9-16-20-14(19)6-5-7-15(20)21(24)22-16/h5-12,23H,3-4H2,1-2H3,(H,22,24). The molecule has 1 aliphatic rings. The Labute approximate surface area is 168 Å². The highest BCUT2D eigenvalue weighted by molar-refractivity contribution is 7.93. The highest BCUT2D eigenvalue weighted by atomic mass is 32.2. The van der Waals surface area contributed by atoms with E-state index in [4.69, 9.17) is 9.47 Å². The molecule has 8 heteroatoms. The quantitative estimate of drug-likeness (QED) is 0.612. The first-order valence-electron chi connectivity index (χ1n) is 9.24. The van der Waals surface area contributed by atoms with Crippen molar-refractivity contribution in [1.29, 1.82) is 0 Å². The number of nitrogens with one attached hydrogen (secondary N) is 2. The van der Waals surface area contributed by atoms with Crippen LogP contribution in [0.1, 0.15) is 24.2 Å². The lowest BCUT2D eigenvalue weighted by Gasteiger charge is -2.15. The molecule has 1 amide bonds. The van der Waals surface area contributed by atoms with Gasteiger partial charge in [0.15, 0.2) is 0 Å². The topological polar surface area (TPSA) is 93.7 Å². The van der Waals surface area contributed by atoms with Gasteiger partial charge in [0.1, 0.15) is 11.5 Å². The average Bonchev–Trinajstić information content (AvgIpc) is 3.02. The molecular formula is C21H20N2O5S. The largest absolute Gasteiger partial charge is 0.494 e. The van der Waals surface area contributed by atoms with Crippen LogP contribution in [0.4, 0.5) is 11.4 Å². The Hall–Kier alpha value is -3.26. The van der Waals surface area contributed by atoms with Gasteiger partial charge < -0.3 is 14.8 Å². The lowest BCUT2D eigenvalue weighted by molar-refractivity contribution is 0.103. The minimum absolute atomic E-state index is 0.0823. The minimum Gasteiger partial charge on any atom is -0.494 e. The van der Waals surface area contributed by atoms with E-state index in [2.05, 4.69) is 10.0 Å². The van der Waals surface area contributed by atoms with Gasteiger partial charge in [-0.1, -0.05) is 12.1 Å². The number of rotatable bonds is 7. The summed E-state index contributed by atoms with van der Waals surface area (Å²) in [5, 5.41) is 3.84. The lowest BCUT2D eigenvalue weighted by Crippen LogP contribution is -2.14. The molecule has 0 spiro atoms. The van der Waals surface area contributed by atoms with Crippen LogP contribution in [-0.4, -0.2) is 27.5 Å². The third-order valence-corrected chi connectivity index (χ3v) is 6.01. The van der Waals surface area contributed by atoms with Gasteiger partial charge in [-0.3, -0.25) is 9.52 Å². The van der Waals surface area contributed by atoms with Gasteiger partial charge in [-0.15, -0.1) is 0 Å². The van der Waals surface area contributed by atoms with E-state index in [1.165, 1.54) is 6.07 Å². The third kappa shape index (κ3) is 3.36. The van der Waals surface area contributed by atoms with Crippen LogP contribution >= 0.6 is 0 Å². The maximum atomic E-state index is 13.3. The Balaban J connectivity index is 1.81. The van der Waals surface area contributed by atoms with Gasteiger partial charge in [0.25, 0.3) is 15.9 Å². The maximum Gasteiger partial charge on any atom is 0.262 e. The van der Waals surface area contributed by atoms with Crippen LogP contribution in [-0.2, 0) is 10.0 Å². The zero-order chi connectivity index (χ0) is 20.6. The second-order valence-electron chi connectivity index (χ2n) is 6.42. The van der Waals surface area contributed by atoms with Crippen molar-refractivity contribution < 1.29 is 22.7 Å². The van der Waals surface area contributed by atoms with E-state index in [0.717, 1.165) is 0 Å². The molecule has 1 heterocycles. The summed E-state index contributed by atoms with van der Waals surface area (Å²) >= 11 is 0. The van der Waals surface area contributed by atoms with Crippen molar-refractivity contribution in [3.05, 3.63) is 54.1 Å². The van der Waals surface area contributed by atoms with Crippen LogP contribution in [0, 0.1) is 0 Å². The Morgan fingerprint density at radius 2 is 1.79 bits per heavy atom. The molecular weight excluding hydrogens is 392 g/mol. The van der Waals surface area contributed by atoms with Gasteiger partial charge in [0, 0.05) is 28.1 Å². The van der Waals surface area contributed by atoms with E-state index >= 15 is 0 Å². The molecule has 29 heavy (non-hydrogen) atoms. The zero-order valence-electron chi connectivity index (χ0n) is 16.0. The van der Waals surface area contributed by atoms with Crippen molar-refractivity contribution in [2.24, 2.45) is 0 Å². The van der Waals surface area contributed by atoms with Crippen molar-refractivity contribution in [3.63, 3.8) is 0 Å². The van der Waals surface area contributed by atoms with Gasteiger partial charge in [0.05, 0.1) is 23.8 Å². The Morgan fingerprint density at radius 3 is 2.55 bits per heavy atom. The summed E-state index contributed by atoms with van der Waals surface area (Å²) in [7, 11) is -3.96. The van der Waals surface area contributed by atoms with Crippen molar-refractivity contribution >= 4 is 38.1 Å². The van der Waals surface area contributed by atoms with Crippen molar-refractivity contribution in [2.75, 3.05) is 23.3 Å². The fraction of sp³-hybridized carbons (Fsp3) is 0.190. The van der Waals surface area contributed by atoms with Crippen LogP contribution in [0.15, 0.2) is 53.4 Å². The second kappa shape index (κ2) is 7.29. The summed E-state index contributed by atoms with van der Waals surface area (Å²) in [6.07, 6.45) is 0. The maximum absolute atomic E-state index is 13.3. The minimum atomic E-state index is -3.96. The Bertz CT molecular complexity index is 1220. The van der Waals surface area contributed by atoms with Gasteiger partial charge in [-0.05, 0) is 44.2 Å². The average molecular weight is 412 g/mol. The summed E-state index contributed by atoms with van der Waals surface area (Å²) in [6, 6.07) is 13.1. The van der Waals surface area contributed by atoms with Gasteiger partial charge in [-0.2, -0.15) is 0 Å². The SMILES string of the molecule is CCOc1ccc(OCC)c(NS(=O)(=O)c2ccc3c4c(cccc24)C(=O)N3)c1. The molecule has 0 radical (unpaired) electrons. The van der Waals surface area contributed by atoms with Crippen LogP contribution < -0.4 is 19.5 Å². The molecule has 0 saturated heterocycles. The van der Waals surface area contributed by atoms with Gasteiger partial charge in [0.2, 0.25) is 0 Å². The zero-order valence-corrected chi connectivity index (χ0v) is 16.8. The Morgan fingerprint density at radius 1 is 1.00 bits per heavy atom. The molecule has 0 atom stereocenters. The van der Waals surface area contributed by atoms with E-state index in [1.54, 1.807) is 42.5 Å². The predicted octanol–water partition coefficient (Wildman–Crippen LogP) is 4.00. The number of carbonyl (C=O) groups is 1. The van der Waals surface area contributed by atoms with E-state index in [-0.39, 0.29) is 16.5 Å². The first-order valence-corrected chi connectivity index (χ1v) is 10.7. The summed E-state index contributed by atoms with van der Waals surface area (Å²) in [5.41, 5.74) is 1.35. The Kier molecular flexibility index (Phi) is 4.79. The first-order chi connectivity index (χ1) is 13.9. The number of benzene rings is 3. The van der Waals surface area contributed by atoms with Gasteiger partial charge >= 0.3 is 0 Å². The molecule has 0 unspecified atom stereocenters. The monoisotopic (exact) mass is 412 g/mol. The summed E-state index contributed by atoms with van der Waals surface area (Å²) < 4.78 is 40.2. The van der Waals surface area contributed by atoms with Crippen molar-refractivity contribution in [1.82, 2.24) is 0 Å². The number of hydrogen-bond donors (Lipinski definition) is 2. The summed E-state index contributed by atoms with van der Waals surface area (Å²) in [5.74, 6) is 0.697. The number of anilines is 2. The van der Waals surface area contributed by atoms with Crippen molar-refractivity contribution in [2.45, 2.75) is 18.7 Å². The molecule has 4 rings (SSSR count). The molecule has 0 bridgehead atoms. The lowest BCUT2D eigenvalue weighted by atomic mass is 10.1. The van der Waals surface area contributed by atoms with E-state index < -0.39 is 10.0 Å². The number of carbonyl (C=O) groups excluding carboxylic acids is 1. The number of hydrogen-bond acceptors (Lipinski definition) is 5. The molecule has 0 saturated carbocycles. The number of amides is 1.